The van der Waals surface area contributed by atoms with Gasteiger partial charge in [0.15, 0.2) is 0 Å². The molecule has 5 rings (SSSR count). The molecule has 2 aromatic rings. The third-order valence-corrected chi connectivity index (χ3v) is 9.57. The lowest BCUT2D eigenvalue weighted by Gasteiger charge is -2.47. The Bertz CT molecular complexity index is 1260. The molecule has 3 aliphatic carbocycles. The Morgan fingerprint density at radius 3 is 2.41 bits per heavy atom. The van der Waals surface area contributed by atoms with Gasteiger partial charge in [-0.1, -0.05) is 67.1 Å². The Morgan fingerprint density at radius 2 is 1.72 bits per heavy atom. The first-order chi connectivity index (χ1) is 18.5. The Balaban J connectivity index is 1.67. The zero-order valence-electron chi connectivity index (χ0n) is 22.7. The summed E-state index contributed by atoms with van der Waals surface area (Å²) >= 11 is 12.3. The van der Waals surface area contributed by atoms with Crippen molar-refractivity contribution < 1.29 is 29.0 Å². The van der Waals surface area contributed by atoms with Crippen LogP contribution in [0.1, 0.15) is 48.3 Å². The van der Waals surface area contributed by atoms with E-state index in [1.165, 1.54) is 0 Å². The number of hydrogen-bond donors (Lipinski definition) is 1. The number of phenols is 1. The molecule has 3 aliphatic rings. The first-order valence-corrected chi connectivity index (χ1v) is 17.7. The molecule has 0 aliphatic heterocycles. The minimum absolute atomic E-state index is 0.0736. The number of benzene rings is 2. The summed E-state index contributed by atoms with van der Waals surface area (Å²) in [5, 5.41) is 15.7. The van der Waals surface area contributed by atoms with Crippen molar-refractivity contribution in [2.75, 3.05) is 13.2 Å². The molecule has 10 heteroatoms. The topological polar surface area (TPSA) is 94.4 Å². The van der Waals surface area contributed by atoms with Gasteiger partial charge in [0.1, 0.15) is 12.4 Å². The SMILES string of the molecule is CCCOC(=O)[C@H]1[C@H](C(=O)OCC[Si](C)(C)C)C2C/C(=N/OCc3ccc(Cl)cc3Cl)[C@H]1c1cc(O)ccc12. The van der Waals surface area contributed by atoms with Crippen LogP contribution in [0.4, 0.5) is 0 Å². The second-order valence-corrected chi connectivity index (χ2v) is 17.9. The van der Waals surface area contributed by atoms with Crippen LogP contribution in [-0.4, -0.2) is 44.0 Å². The molecule has 0 amide bonds. The number of rotatable bonds is 10. The molecule has 0 saturated heterocycles. The fourth-order valence-electron chi connectivity index (χ4n) is 5.35. The zero-order chi connectivity index (χ0) is 28.3. The summed E-state index contributed by atoms with van der Waals surface area (Å²) in [6, 6.07) is 11.0. The average molecular weight is 593 g/mol. The molecule has 210 valence electrons. The molecule has 0 spiro atoms. The third-order valence-electron chi connectivity index (χ3n) is 7.28. The van der Waals surface area contributed by atoms with Crippen LogP contribution in [0.5, 0.6) is 5.75 Å². The first kappa shape index (κ1) is 29.4. The normalized spacial score (nSPS) is 22.9. The van der Waals surface area contributed by atoms with Crippen molar-refractivity contribution >= 4 is 48.9 Å². The van der Waals surface area contributed by atoms with Crippen molar-refractivity contribution in [1.82, 2.24) is 0 Å². The number of halogens is 2. The second-order valence-electron chi connectivity index (χ2n) is 11.4. The molecule has 7 nitrogen and oxygen atoms in total. The largest absolute Gasteiger partial charge is 0.508 e. The molecular weight excluding hydrogens is 557 g/mol. The van der Waals surface area contributed by atoms with Crippen LogP contribution in [-0.2, 0) is 30.5 Å². The number of aromatic hydroxyl groups is 1. The molecule has 2 aromatic carbocycles. The Kier molecular flexibility index (Phi) is 9.29. The predicted octanol–water partition coefficient (Wildman–Crippen LogP) is 6.92. The lowest BCUT2D eigenvalue weighted by Crippen LogP contribution is -2.51. The van der Waals surface area contributed by atoms with Crippen molar-refractivity contribution in [3.63, 3.8) is 0 Å². The molecule has 1 saturated carbocycles. The van der Waals surface area contributed by atoms with Gasteiger partial charge in [-0.2, -0.15) is 0 Å². The third kappa shape index (κ3) is 6.79. The molecule has 2 bridgehead atoms. The van der Waals surface area contributed by atoms with E-state index in [1.54, 1.807) is 30.3 Å². The average Bonchev–Trinajstić information content (AvgIpc) is 2.87. The number of nitrogens with zero attached hydrogens (tertiary/aromatic N) is 1. The number of fused-ring (bicyclic) bond motifs is 2. The van der Waals surface area contributed by atoms with Gasteiger partial charge in [-0.15, -0.1) is 0 Å². The van der Waals surface area contributed by atoms with E-state index in [4.69, 9.17) is 37.5 Å². The van der Waals surface area contributed by atoms with Crippen molar-refractivity contribution in [2.24, 2.45) is 17.0 Å². The van der Waals surface area contributed by atoms with Crippen LogP contribution in [0.3, 0.4) is 0 Å². The standard InChI is InChI=1S/C29H35Cl2NO6Si/c1-5-10-36-29(35)27-25-21-14-19(33)8-9-20(21)22(26(27)28(34)37-11-12-39(2,3)4)15-24(25)32-38-16-17-6-7-18(30)13-23(17)31/h6-9,13-14,22,25-27,33H,5,10-12,15-16H2,1-4H3/b32-24-/t22?,25-,26-,27-/m1/s1. The number of phenolic OH excluding ortho intramolecular Hbond substituents is 1. The van der Waals surface area contributed by atoms with Gasteiger partial charge >= 0.3 is 11.9 Å². The van der Waals surface area contributed by atoms with Gasteiger partial charge in [-0.25, -0.2) is 0 Å². The molecular formula is C29H35Cl2NO6Si. The number of carbonyl (C=O) groups excluding carboxylic acids is 2. The van der Waals surface area contributed by atoms with E-state index in [2.05, 4.69) is 24.8 Å². The van der Waals surface area contributed by atoms with Crippen LogP contribution in [0.2, 0.25) is 35.7 Å². The fraction of sp³-hybridized carbons (Fsp3) is 0.483. The minimum Gasteiger partial charge on any atom is -0.508 e. The van der Waals surface area contributed by atoms with Gasteiger partial charge in [0.05, 0.1) is 30.8 Å². The van der Waals surface area contributed by atoms with E-state index in [0.717, 1.165) is 17.2 Å². The number of esters is 2. The predicted molar refractivity (Wildman–Crippen MR) is 154 cm³/mol. The van der Waals surface area contributed by atoms with Gasteiger partial charge in [-0.3, -0.25) is 9.59 Å². The van der Waals surface area contributed by atoms with Gasteiger partial charge in [-0.05, 0) is 54.3 Å². The number of oxime groups is 1. The minimum atomic E-state index is -1.42. The molecule has 39 heavy (non-hydrogen) atoms. The summed E-state index contributed by atoms with van der Waals surface area (Å²) in [7, 11) is -1.42. The molecule has 4 atom stereocenters. The highest BCUT2D eigenvalue weighted by atomic mass is 35.5. The van der Waals surface area contributed by atoms with Gasteiger partial charge in [0, 0.05) is 35.5 Å². The zero-order valence-corrected chi connectivity index (χ0v) is 25.2. The summed E-state index contributed by atoms with van der Waals surface area (Å²) in [6.07, 6.45) is 1.07. The van der Waals surface area contributed by atoms with E-state index in [-0.39, 0.29) is 24.9 Å². The second kappa shape index (κ2) is 12.3. The summed E-state index contributed by atoms with van der Waals surface area (Å²) < 4.78 is 11.4. The monoisotopic (exact) mass is 591 g/mol. The maximum absolute atomic E-state index is 13.5. The van der Waals surface area contributed by atoms with E-state index in [0.29, 0.717) is 40.8 Å². The van der Waals surface area contributed by atoms with Crippen molar-refractivity contribution in [1.29, 1.82) is 0 Å². The lowest BCUT2D eigenvalue weighted by atomic mass is 9.55. The Hall–Kier alpha value is -2.55. The molecule has 1 fully saturated rings. The summed E-state index contributed by atoms with van der Waals surface area (Å²) in [4.78, 5) is 32.8. The smallest absolute Gasteiger partial charge is 0.310 e. The van der Waals surface area contributed by atoms with Crippen molar-refractivity contribution in [3.05, 3.63) is 63.1 Å². The molecule has 1 N–H and O–H groups in total. The quantitative estimate of drug-likeness (QED) is 0.183. The highest BCUT2D eigenvalue weighted by Crippen LogP contribution is 2.56. The van der Waals surface area contributed by atoms with Crippen LogP contribution >= 0.6 is 23.2 Å². The molecule has 1 unspecified atom stereocenters. The van der Waals surface area contributed by atoms with Crippen LogP contribution in [0.15, 0.2) is 41.6 Å². The highest BCUT2D eigenvalue weighted by Gasteiger charge is 2.57. The molecule has 0 radical (unpaired) electrons. The summed E-state index contributed by atoms with van der Waals surface area (Å²) in [5.74, 6) is -3.32. The maximum atomic E-state index is 13.5. The molecule has 0 heterocycles. The van der Waals surface area contributed by atoms with Gasteiger partial charge in [0.2, 0.25) is 0 Å². The van der Waals surface area contributed by atoms with Gasteiger partial charge < -0.3 is 19.4 Å². The van der Waals surface area contributed by atoms with Crippen molar-refractivity contribution in [2.45, 2.75) is 63.9 Å². The summed E-state index contributed by atoms with van der Waals surface area (Å²) in [5.41, 5.74) is 2.99. The van der Waals surface area contributed by atoms with Crippen molar-refractivity contribution in [3.8, 4) is 5.75 Å². The fourth-order valence-corrected chi connectivity index (χ4v) is 6.53. The van der Waals surface area contributed by atoms with Crippen LogP contribution in [0, 0.1) is 11.8 Å². The number of hydrogen-bond acceptors (Lipinski definition) is 7. The van der Waals surface area contributed by atoms with E-state index in [9.17, 15) is 14.7 Å². The number of carbonyl (C=O) groups is 2. The van der Waals surface area contributed by atoms with Gasteiger partial charge in [0.25, 0.3) is 0 Å². The summed E-state index contributed by atoms with van der Waals surface area (Å²) in [6.45, 7) is 9.25. The van der Waals surface area contributed by atoms with E-state index >= 15 is 0 Å². The lowest BCUT2D eigenvalue weighted by molar-refractivity contribution is -0.163. The van der Waals surface area contributed by atoms with E-state index < -0.39 is 37.8 Å². The molecule has 0 aromatic heterocycles. The highest BCUT2D eigenvalue weighted by molar-refractivity contribution is 6.76. The maximum Gasteiger partial charge on any atom is 0.310 e. The first-order valence-electron chi connectivity index (χ1n) is 13.3. The van der Waals surface area contributed by atoms with Crippen LogP contribution in [0.25, 0.3) is 0 Å². The number of ether oxygens (including phenoxy) is 2. The van der Waals surface area contributed by atoms with Crippen LogP contribution < -0.4 is 0 Å². The van der Waals surface area contributed by atoms with E-state index in [1.807, 2.05) is 13.0 Å². The Labute approximate surface area is 240 Å². The Morgan fingerprint density at radius 1 is 1.00 bits per heavy atom.